The Hall–Kier alpha value is -3.09. The fraction of sp³-hybridized carbons (Fsp3) is 0.409. The summed E-state index contributed by atoms with van der Waals surface area (Å²) < 4.78 is 12.7. The first kappa shape index (κ1) is 19.2. The number of carbonyl (C=O) groups is 1. The summed E-state index contributed by atoms with van der Waals surface area (Å²) in [4.78, 5) is 18.0. The number of benzene rings is 1. The van der Waals surface area contributed by atoms with Gasteiger partial charge in [0.05, 0.1) is 23.2 Å². The molecule has 1 N–H and O–H groups in total. The van der Waals surface area contributed by atoms with E-state index in [2.05, 4.69) is 38.1 Å². The first-order valence-corrected chi connectivity index (χ1v) is 9.93. The highest BCUT2D eigenvalue weighted by Crippen LogP contribution is 2.34. The van der Waals surface area contributed by atoms with Crippen molar-refractivity contribution in [2.45, 2.75) is 52.6 Å². The van der Waals surface area contributed by atoms with Gasteiger partial charge in [0, 0.05) is 11.7 Å². The molecule has 152 valence electrons. The summed E-state index contributed by atoms with van der Waals surface area (Å²) in [6.07, 6.45) is 1.73. The Bertz CT molecular complexity index is 1070. The normalized spacial score (nSPS) is 14.0. The van der Waals surface area contributed by atoms with Gasteiger partial charge >= 0.3 is 0 Å². The molecule has 1 atom stereocenters. The molecule has 1 aliphatic rings. The van der Waals surface area contributed by atoms with Crippen molar-refractivity contribution >= 4 is 16.9 Å². The maximum atomic E-state index is 13.2. The fourth-order valence-electron chi connectivity index (χ4n) is 3.44. The monoisotopic (exact) mass is 394 g/mol. The summed E-state index contributed by atoms with van der Waals surface area (Å²) in [6.45, 7) is 10.4. The van der Waals surface area contributed by atoms with E-state index in [1.165, 1.54) is 0 Å². The lowest BCUT2D eigenvalue weighted by Gasteiger charge is -2.16. The highest BCUT2D eigenvalue weighted by molar-refractivity contribution is 6.05. The largest absolute Gasteiger partial charge is 0.454 e. The Balaban J connectivity index is 1.67. The van der Waals surface area contributed by atoms with Gasteiger partial charge in [0.25, 0.3) is 5.91 Å². The van der Waals surface area contributed by atoms with E-state index in [0.717, 1.165) is 28.0 Å². The molecule has 2 aromatic heterocycles. The van der Waals surface area contributed by atoms with Crippen LogP contribution >= 0.6 is 0 Å². The molecule has 1 aromatic carbocycles. The third kappa shape index (κ3) is 3.52. The molecule has 1 unspecified atom stereocenters. The highest BCUT2D eigenvalue weighted by atomic mass is 16.7. The van der Waals surface area contributed by atoms with Crippen LogP contribution in [0, 0.1) is 0 Å². The molecule has 29 heavy (non-hydrogen) atoms. The predicted molar refractivity (Wildman–Crippen MR) is 110 cm³/mol. The van der Waals surface area contributed by atoms with Crippen molar-refractivity contribution < 1.29 is 14.3 Å². The van der Waals surface area contributed by atoms with E-state index in [1.807, 2.05) is 35.9 Å². The number of hydrogen-bond acceptors (Lipinski definition) is 5. The van der Waals surface area contributed by atoms with Crippen LogP contribution in [0.1, 0.15) is 74.2 Å². The van der Waals surface area contributed by atoms with Crippen LogP contribution < -0.4 is 14.8 Å². The molecule has 0 spiro atoms. The first-order chi connectivity index (χ1) is 13.8. The third-order valence-electron chi connectivity index (χ3n) is 5.16. The van der Waals surface area contributed by atoms with Gasteiger partial charge in [-0.3, -0.25) is 4.79 Å². The average Bonchev–Trinajstić information content (AvgIpc) is 3.32. The Kier molecular flexibility index (Phi) is 4.90. The Labute approximate surface area is 170 Å². The summed E-state index contributed by atoms with van der Waals surface area (Å²) in [5, 5.41) is 8.32. The molecule has 0 saturated heterocycles. The summed E-state index contributed by atoms with van der Waals surface area (Å²) >= 11 is 0. The number of rotatable bonds is 5. The van der Waals surface area contributed by atoms with E-state index in [4.69, 9.17) is 14.5 Å². The molecule has 4 rings (SSSR count). The second kappa shape index (κ2) is 7.39. The van der Waals surface area contributed by atoms with Crippen LogP contribution in [0.4, 0.5) is 0 Å². The molecule has 0 radical (unpaired) electrons. The fourth-order valence-corrected chi connectivity index (χ4v) is 3.44. The van der Waals surface area contributed by atoms with Gasteiger partial charge in [-0.15, -0.1) is 0 Å². The van der Waals surface area contributed by atoms with Crippen LogP contribution in [0.25, 0.3) is 11.0 Å². The number of nitrogens with zero attached hydrogens (tertiary/aromatic N) is 3. The number of carbonyl (C=O) groups excluding carboxylic acids is 1. The quantitative estimate of drug-likeness (QED) is 0.696. The number of hydrogen-bond donors (Lipinski definition) is 1. The highest BCUT2D eigenvalue weighted by Gasteiger charge is 2.21. The molecular weight excluding hydrogens is 368 g/mol. The lowest BCUT2D eigenvalue weighted by atomic mass is 10.0. The zero-order valence-corrected chi connectivity index (χ0v) is 17.4. The minimum absolute atomic E-state index is 0.146. The van der Waals surface area contributed by atoms with E-state index in [0.29, 0.717) is 11.3 Å². The lowest BCUT2D eigenvalue weighted by Crippen LogP contribution is -2.27. The zero-order valence-electron chi connectivity index (χ0n) is 17.4. The topological polar surface area (TPSA) is 78.3 Å². The van der Waals surface area contributed by atoms with Crippen LogP contribution in [0.15, 0.2) is 30.5 Å². The van der Waals surface area contributed by atoms with Gasteiger partial charge in [-0.1, -0.05) is 19.9 Å². The minimum Gasteiger partial charge on any atom is -0.454 e. The molecule has 7 heteroatoms. The van der Waals surface area contributed by atoms with Crippen molar-refractivity contribution in [1.29, 1.82) is 0 Å². The number of nitrogens with one attached hydrogen (secondary N) is 1. The van der Waals surface area contributed by atoms with Crippen molar-refractivity contribution in [2.24, 2.45) is 0 Å². The molecule has 7 nitrogen and oxygen atoms in total. The van der Waals surface area contributed by atoms with Gasteiger partial charge in [0.2, 0.25) is 6.79 Å². The van der Waals surface area contributed by atoms with Gasteiger partial charge in [0.1, 0.15) is 0 Å². The Morgan fingerprint density at radius 2 is 1.86 bits per heavy atom. The molecule has 0 aliphatic carbocycles. The second-order valence-electron chi connectivity index (χ2n) is 7.98. The first-order valence-electron chi connectivity index (χ1n) is 9.93. The maximum absolute atomic E-state index is 13.2. The zero-order chi connectivity index (χ0) is 20.7. The van der Waals surface area contributed by atoms with Crippen LogP contribution in [0.3, 0.4) is 0 Å². The number of amides is 1. The molecule has 0 saturated carbocycles. The van der Waals surface area contributed by atoms with Crippen molar-refractivity contribution in [2.75, 3.05) is 6.79 Å². The van der Waals surface area contributed by atoms with Crippen molar-refractivity contribution in [3.8, 4) is 11.5 Å². The van der Waals surface area contributed by atoms with Crippen LogP contribution in [0.2, 0.25) is 0 Å². The predicted octanol–water partition coefficient (Wildman–Crippen LogP) is 4.36. The molecular formula is C22H26N4O3. The van der Waals surface area contributed by atoms with Crippen molar-refractivity contribution in [3.63, 3.8) is 0 Å². The SMILES string of the molecule is CC(C)c1cc(C(=O)NC(C)c2ccc3c(c2)OCO3)c2cnn(C(C)C)c2n1. The van der Waals surface area contributed by atoms with Gasteiger partial charge in [-0.25, -0.2) is 9.67 Å². The van der Waals surface area contributed by atoms with E-state index < -0.39 is 0 Å². The third-order valence-corrected chi connectivity index (χ3v) is 5.16. The summed E-state index contributed by atoms with van der Waals surface area (Å²) in [7, 11) is 0. The van der Waals surface area contributed by atoms with Crippen molar-refractivity contribution in [3.05, 3.63) is 47.3 Å². The molecule has 3 heterocycles. The number of pyridine rings is 1. The van der Waals surface area contributed by atoms with Gasteiger partial charge in [0.15, 0.2) is 17.1 Å². The number of fused-ring (bicyclic) bond motifs is 2. The lowest BCUT2D eigenvalue weighted by molar-refractivity contribution is 0.0941. The van der Waals surface area contributed by atoms with Crippen LogP contribution in [-0.2, 0) is 0 Å². The van der Waals surface area contributed by atoms with E-state index in [9.17, 15) is 4.79 Å². The summed E-state index contributed by atoms with van der Waals surface area (Å²) in [5.41, 5.74) is 3.17. The second-order valence-corrected chi connectivity index (χ2v) is 7.98. The Morgan fingerprint density at radius 1 is 1.10 bits per heavy atom. The molecule has 0 bridgehead atoms. The summed E-state index contributed by atoms with van der Waals surface area (Å²) in [6, 6.07) is 7.56. The number of ether oxygens (including phenoxy) is 2. The Morgan fingerprint density at radius 3 is 2.59 bits per heavy atom. The van der Waals surface area contributed by atoms with E-state index in [-0.39, 0.29) is 30.7 Å². The summed E-state index contributed by atoms with van der Waals surface area (Å²) in [5.74, 6) is 1.49. The van der Waals surface area contributed by atoms with Crippen LogP contribution in [0.5, 0.6) is 11.5 Å². The van der Waals surface area contributed by atoms with E-state index >= 15 is 0 Å². The van der Waals surface area contributed by atoms with E-state index in [1.54, 1.807) is 6.20 Å². The van der Waals surface area contributed by atoms with Gasteiger partial charge < -0.3 is 14.8 Å². The number of aromatic nitrogens is 3. The molecule has 1 amide bonds. The average molecular weight is 394 g/mol. The van der Waals surface area contributed by atoms with Gasteiger partial charge in [-0.05, 0) is 50.5 Å². The smallest absolute Gasteiger partial charge is 0.252 e. The van der Waals surface area contributed by atoms with Crippen LogP contribution in [-0.4, -0.2) is 27.5 Å². The van der Waals surface area contributed by atoms with Gasteiger partial charge in [-0.2, -0.15) is 5.10 Å². The molecule has 0 fully saturated rings. The van der Waals surface area contributed by atoms with Crippen molar-refractivity contribution in [1.82, 2.24) is 20.1 Å². The molecule has 1 aliphatic heterocycles. The maximum Gasteiger partial charge on any atom is 0.252 e. The molecule has 3 aromatic rings. The standard InChI is InChI=1S/C22H26N4O3/c1-12(2)18-9-16(17-10-23-26(13(3)4)21(17)25-18)22(27)24-14(5)15-6-7-19-20(8-15)29-11-28-19/h6-10,12-14H,11H2,1-5H3,(H,24,27). The minimum atomic E-state index is -0.192.